The Labute approximate surface area is 101 Å². The van der Waals surface area contributed by atoms with Crippen LogP contribution in [0.25, 0.3) is 22.8 Å². The predicted octanol–water partition coefficient (Wildman–Crippen LogP) is 2.72. The van der Waals surface area contributed by atoms with Crippen LogP contribution in [-0.2, 0) is 0 Å². The van der Waals surface area contributed by atoms with Crippen LogP contribution in [0.3, 0.4) is 0 Å². The highest BCUT2D eigenvalue weighted by atomic mass is 19.1. The van der Waals surface area contributed by atoms with Crippen LogP contribution >= 0.6 is 0 Å². The average Bonchev–Trinajstić information content (AvgIpc) is 2.99. The number of hydrogen-bond donors (Lipinski definition) is 1. The molecule has 0 aliphatic carbocycles. The van der Waals surface area contributed by atoms with Crippen molar-refractivity contribution in [3.63, 3.8) is 0 Å². The zero-order chi connectivity index (χ0) is 12.5. The van der Waals surface area contributed by atoms with Gasteiger partial charge in [0.25, 0.3) is 5.89 Å². The molecular formula is C12H8FN3O2. The first-order chi connectivity index (χ1) is 8.75. The quantitative estimate of drug-likeness (QED) is 0.702. The molecule has 5 nitrogen and oxygen atoms in total. The van der Waals surface area contributed by atoms with Gasteiger partial charge in [-0.2, -0.15) is 4.98 Å². The SMILES string of the molecule is Nc1cccc(F)c1-c1nc(-c2ccoc2)no1. The lowest BCUT2D eigenvalue weighted by Crippen LogP contribution is -1.93. The second-order valence-electron chi connectivity index (χ2n) is 3.64. The van der Waals surface area contributed by atoms with Crippen LogP contribution in [0.5, 0.6) is 0 Å². The number of aromatic nitrogens is 2. The molecule has 2 N–H and O–H groups in total. The molecule has 0 spiro atoms. The van der Waals surface area contributed by atoms with Gasteiger partial charge in [0.15, 0.2) is 0 Å². The fourth-order valence-corrected chi connectivity index (χ4v) is 1.60. The van der Waals surface area contributed by atoms with Gasteiger partial charge in [-0.25, -0.2) is 4.39 Å². The van der Waals surface area contributed by atoms with Gasteiger partial charge in [0, 0.05) is 5.69 Å². The van der Waals surface area contributed by atoms with Crippen molar-refractivity contribution < 1.29 is 13.3 Å². The van der Waals surface area contributed by atoms with Gasteiger partial charge in [-0.3, -0.25) is 0 Å². The third-order valence-electron chi connectivity index (χ3n) is 2.47. The smallest absolute Gasteiger partial charge is 0.263 e. The minimum atomic E-state index is -0.502. The summed E-state index contributed by atoms with van der Waals surface area (Å²) in [6, 6.07) is 6.05. The van der Waals surface area contributed by atoms with E-state index in [2.05, 4.69) is 10.1 Å². The fourth-order valence-electron chi connectivity index (χ4n) is 1.60. The van der Waals surface area contributed by atoms with Crippen molar-refractivity contribution >= 4 is 5.69 Å². The zero-order valence-electron chi connectivity index (χ0n) is 9.13. The Kier molecular flexibility index (Phi) is 2.33. The van der Waals surface area contributed by atoms with E-state index in [1.807, 2.05) is 0 Å². The molecular weight excluding hydrogens is 237 g/mol. The molecule has 0 atom stereocenters. The standard InChI is InChI=1S/C12H8FN3O2/c13-8-2-1-3-9(14)10(8)12-15-11(16-18-12)7-4-5-17-6-7/h1-6H,14H2. The topological polar surface area (TPSA) is 78.1 Å². The molecule has 0 radical (unpaired) electrons. The Morgan fingerprint density at radius 3 is 2.83 bits per heavy atom. The summed E-state index contributed by atoms with van der Waals surface area (Å²) < 4.78 is 23.6. The fraction of sp³-hybridized carbons (Fsp3) is 0. The maximum absolute atomic E-state index is 13.7. The average molecular weight is 245 g/mol. The van der Waals surface area contributed by atoms with E-state index in [-0.39, 0.29) is 17.1 Å². The van der Waals surface area contributed by atoms with Crippen LogP contribution in [-0.4, -0.2) is 10.1 Å². The summed E-state index contributed by atoms with van der Waals surface area (Å²) in [6.07, 6.45) is 2.96. The molecule has 90 valence electrons. The third kappa shape index (κ3) is 1.64. The second-order valence-corrected chi connectivity index (χ2v) is 3.64. The Morgan fingerprint density at radius 1 is 1.22 bits per heavy atom. The largest absolute Gasteiger partial charge is 0.472 e. The molecule has 2 heterocycles. The molecule has 3 aromatic rings. The molecule has 18 heavy (non-hydrogen) atoms. The van der Waals surface area contributed by atoms with Gasteiger partial charge in [-0.05, 0) is 18.2 Å². The number of benzene rings is 1. The summed E-state index contributed by atoms with van der Waals surface area (Å²) in [5.41, 5.74) is 6.71. The Hall–Kier alpha value is -2.63. The molecule has 0 saturated heterocycles. The summed E-state index contributed by atoms with van der Waals surface area (Å²) in [6.45, 7) is 0. The molecule has 0 aliphatic heterocycles. The molecule has 0 amide bonds. The molecule has 0 bridgehead atoms. The van der Waals surface area contributed by atoms with E-state index < -0.39 is 5.82 Å². The highest BCUT2D eigenvalue weighted by Gasteiger charge is 2.17. The monoisotopic (exact) mass is 245 g/mol. The normalized spacial score (nSPS) is 10.7. The van der Waals surface area contributed by atoms with Crippen LogP contribution in [0, 0.1) is 5.82 Å². The molecule has 2 aromatic heterocycles. The number of nitrogens with two attached hydrogens (primary N) is 1. The van der Waals surface area contributed by atoms with E-state index >= 15 is 0 Å². The summed E-state index contributed by atoms with van der Waals surface area (Å²) in [5, 5.41) is 3.75. The van der Waals surface area contributed by atoms with E-state index in [1.165, 1.54) is 24.7 Å². The summed E-state index contributed by atoms with van der Waals surface area (Å²) in [5.74, 6) is -0.138. The van der Waals surface area contributed by atoms with Crippen LogP contribution in [0.4, 0.5) is 10.1 Å². The number of furan rings is 1. The minimum absolute atomic E-state index is 0.0433. The highest BCUT2D eigenvalue weighted by Crippen LogP contribution is 2.29. The Morgan fingerprint density at radius 2 is 2.11 bits per heavy atom. The van der Waals surface area contributed by atoms with E-state index in [1.54, 1.807) is 12.1 Å². The first-order valence-corrected chi connectivity index (χ1v) is 5.16. The number of nitrogen functional groups attached to an aromatic ring is 1. The number of halogens is 1. The van der Waals surface area contributed by atoms with E-state index in [9.17, 15) is 4.39 Å². The maximum atomic E-state index is 13.7. The molecule has 1 aromatic carbocycles. The van der Waals surface area contributed by atoms with Crippen molar-refractivity contribution in [3.05, 3.63) is 42.6 Å². The van der Waals surface area contributed by atoms with Crippen LogP contribution < -0.4 is 5.73 Å². The maximum Gasteiger partial charge on any atom is 0.263 e. The van der Waals surface area contributed by atoms with Crippen molar-refractivity contribution in [2.45, 2.75) is 0 Å². The zero-order valence-corrected chi connectivity index (χ0v) is 9.13. The first kappa shape index (κ1) is 10.5. The number of hydrogen-bond acceptors (Lipinski definition) is 5. The number of anilines is 1. The first-order valence-electron chi connectivity index (χ1n) is 5.16. The van der Waals surface area contributed by atoms with Crippen molar-refractivity contribution in [2.24, 2.45) is 0 Å². The Bertz CT molecular complexity index is 656. The lowest BCUT2D eigenvalue weighted by Gasteiger charge is -2.00. The summed E-state index contributed by atoms with van der Waals surface area (Å²) in [7, 11) is 0. The molecule has 3 rings (SSSR count). The molecule has 0 fully saturated rings. The lowest BCUT2D eigenvalue weighted by atomic mass is 10.1. The van der Waals surface area contributed by atoms with Crippen LogP contribution in [0.1, 0.15) is 0 Å². The van der Waals surface area contributed by atoms with E-state index in [4.69, 9.17) is 14.7 Å². The van der Waals surface area contributed by atoms with Gasteiger partial charge in [0.1, 0.15) is 12.1 Å². The highest BCUT2D eigenvalue weighted by molar-refractivity contribution is 5.71. The van der Waals surface area contributed by atoms with Gasteiger partial charge in [-0.15, -0.1) is 0 Å². The van der Waals surface area contributed by atoms with Gasteiger partial charge in [0.2, 0.25) is 5.82 Å². The van der Waals surface area contributed by atoms with Crippen molar-refractivity contribution in [1.82, 2.24) is 10.1 Å². The molecule has 0 unspecified atom stereocenters. The third-order valence-corrected chi connectivity index (χ3v) is 2.47. The van der Waals surface area contributed by atoms with E-state index in [0.29, 0.717) is 11.4 Å². The van der Waals surface area contributed by atoms with Crippen LogP contribution in [0.15, 0.2) is 45.7 Å². The summed E-state index contributed by atoms with van der Waals surface area (Å²) in [4.78, 5) is 4.09. The Balaban J connectivity index is 2.09. The number of nitrogens with zero attached hydrogens (tertiary/aromatic N) is 2. The van der Waals surface area contributed by atoms with Gasteiger partial charge in [0.05, 0.1) is 17.4 Å². The van der Waals surface area contributed by atoms with Crippen molar-refractivity contribution in [3.8, 4) is 22.8 Å². The molecule has 0 saturated carbocycles. The minimum Gasteiger partial charge on any atom is -0.472 e. The predicted molar refractivity (Wildman–Crippen MR) is 61.8 cm³/mol. The molecule has 6 heteroatoms. The summed E-state index contributed by atoms with van der Waals surface area (Å²) >= 11 is 0. The molecule has 0 aliphatic rings. The van der Waals surface area contributed by atoms with Gasteiger partial charge in [-0.1, -0.05) is 11.2 Å². The van der Waals surface area contributed by atoms with Gasteiger partial charge >= 0.3 is 0 Å². The second kappa shape index (κ2) is 3.99. The van der Waals surface area contributed by atoms with Gasteiger partial charge < -0.3 is 14.7 Å². The van der Waals surface area contributed by atoms with Crippen molar-refractivity contribution in [1.29, 1.82) is 0 Å². The lowest BCUT2D eigenvalue weighted by molar-refractivity contribution is 0.430. The van der Waals surface area contributed by atoms with Crippen LogP contribution in [0.2, 0.25) is 0 Å². The number of rotatable bonds is 2. The van der Waals surface area contributed by atoms with E-state index in [0.717, 1.165) is 0 Å². The van der Waals surface area contributed by atoms with Crippen molar-refractivity contribution in [2.75, 3.05) is 5.73 Å².